The molecule has 0 saturated heterocycles. The molecular formula is C18H21F3N4O2S2. The number of rotatable bonds is 9. The predicted molar refractivity (Wildman–Crippen MR) is 109 cm³/mol. The minimum atomic E-state index is -4.46. The maximum Gasteiger partial charge on any atom is 0.434 e. The van der Waals surface area contributed by atoms with Gasteiger partial charge in [-0.25, -0.2) is 4.98 Å². The molecule has 0 bridgehead atoms. The van der Waals surface area contributed by atoms with Crippen LogP contribution in [0.3, 0.4) is 0 Å². The van der Waals surface area contributed by atoms with Crippen LogP contribution in [0.1, 0.15) is 31.0 Å². The minimum Gasteiger partial charge on any atom is -0.360 e. The van der Waals surface area contributed by atoms with Crippen LogP contribution < -0.4 is 10.6 Å². The first kappa shape index (κ1) is 23.0. The zero-order valence-corrected chi connectivity index (χ0v) is 17.7. The number of amides is 1. The number of carbonyl (C=O) groups excluding carboxylic acids is 1. The van der Waals surface area contributed by atoms with Gasteiger partial charge in [-0.05, 0) is 20.8 Å². The fraction of sp³-hybridized carbons (Fsp3) is 0.389. The smallest absolute Gasteiger partial charge is 0.360 e. The summed E-state index contributed by atoms with van der Waals surface area (Å²) in [6.07, 6.45) is -0.778. The number of nitrogens with zero attached hydrogens (tertiary/aromatic N) is 2. The first-order valence-electron chi connectivity index (χ1n) is 8.64. The highest BCUT2D eigenvalue weighted by Gasteiger charge is 2.33. The Balaban J connectivity index is 1.85. The summed E-state index contributed by atoms with van der Waals surface area (Å²) in [6.45, 7) is 5.91. The fourth-order valence-corrected chi connectivity index (χ4v) is 3.86. The van der Waals surface area contributed by atoms with Crippen LogP contribution in [-0.2, 0) is 16.7 Å². The van der Waals surface area contributed by atoms with E-state index in [0.29, 0.717) is 17.1 Å². The summed E-state index contributed by atoms with van der Waals surface area (Å²) in [6, 6.07) is 1.84. The second kappa shape index (κ2) is 10.5. The van der Waals surface area contributed by atoms with Crippen molar-refractivity contribution >= 4 is 34.1 Å². The number of hydrogen-bond acceptors (Lipinski definition) is 7. The molecule has 2 aromatic heterocycles. The summed E-state index contributed by atoms with van der Waals surface area (Å²) in [5, 5.41) is 10.5. The first-order valence-corrected chi connectivity index (χ1v) is 10.5. The van der Waals surface area contributed by atoms with Crippen LogP contribution in [0, 0.1) is 6.92 Å². The van der Waals surface area contributed by atoms with E-state index in [1.165, 1.54) is 11.8 Å². The van der Waals surface area contributed by atoms with Crippen molar-refractivity contribution in [3.63, 3.8) is 0 Å². The third-order valence-electron chi connectivity index (χ3n) is 3.56. The van der Waals surface area contributed by atoms with Crippen LogP contribution in [0.5, 0.6) is 0 Å². The van der Waals surface area contributed by atoms with Gasteiger partial charge >= 0.3 is 6.18 Å². The number of halogens is 3. The van der Waals surface area contributed by atoms with E-state index < -0.39 is 11.9 Å². The molecule has 0 saturated carbocycles. The molecule has 2 N–H and O–H groups in total. The van der Waals surface area contributed by atoms with E-state index in [1.54, 1.807) is 6.92 Å². The number of thioether (sulfide) groups is 1. The van der Waals surface area contributed by atoms with Gasteiger partial charge in [-0.15, -0.1) is 23.1 Å². The van der Waals surface area contributed by atoms with E-state index in [4.69, 9.17) is 4.52 Å². The highest BCUT2D eigenvalue weighted by atomic mass is 32.2. The number of aromatic nitrogens is 2. The van der Waals surface area contributed by atoms with Crippen molar-refractivity contribution < 1.29 is 22.5 Å². The van der Waals surface area contributed by atoms with Gasteiger partial charge in [-0.1, -0.05) is 17.3 Å². The molecule has 0 radical (unpaired) electrons. The van der Waals surface area contributed by atoms with Gasteiger partial charge in [0.2, 0.25) is 5.91 Å². The lowest BCUT2D eigenvalue weighted by Gasteiger charge is -2.09. The molecule has 0 fully saturated rings. The molecule has 0 unspecified atom stereocenters. The van der Waals surface area contributed by atoms with E-state index in [2.05, 4.69) is 20.8 Å². The lowest BCUT2D eigenvalue weighted by molar-refractivity contribution is -0.140. The normalized spacial score (nSPS) is 12.9. The average Bonchev–Trinajstić information content (AvgIpc) is 3.30. The number of thiazole rings is 1. The van der Waals surface area contributed by atoms with Gasteiger partial charge in [0, 0.05) is 35.0 Å². The van der Waals surface area contributed by atoms with Crippen LogP contribution in [0.4, 0.5) is 18.3 Å². The molecule has 0 aromatic carbocycles. The fourth-order valence-electron chi connectivity index (χ4n) is 2.14. The van der Waals surface area contributed by atoms with Crippen LogP contribution >= 0.6 is 23.1 Å². The Hall–Kier alpha value is -2.27. The summed E-state index contributed by atoms with van der Waals surface area (Å²) in [7, 11) is 0. The third kappa shape index (κ3) is 7.24. The minimum absolute atomic E-state index is 0.159. The highest BCUT2D eigenvalue weighted by Crippen LogP contribution is 2.31. The topological polar surface area (TPSA) is 80.0 Å². The zero-order valence-electron chi connectivity index (χ0n) is 16.1. The Morgan fingerprint density at radius 2 is 2.14 bits per heavy atom. The van der Waals surface area contributed by atoms with Crippen molar-refractivity contribution in [1.82, 2.24) is 15.5 Å². The molecule has 0 aliphatic rings. The van der Waals surface area contributed by atoms with Crippen molar-refractivity contribution in [2.24, 2.45) is 0 Å². The molecule has 2 rings (SSSR count). The molecule has 0 atom stereocenters. The number of allylic oxidation sites excluding steroid dienone is 2. The number of aryl methyl sites for hydroxylation is 1. The van der Waals surface area contributed by atoms with E-state index in [9.17, 15) is 18.0 Å². The summed E-state index contributed by atoms with van der Waals surface area (Å²) in [4.78, 5) is 16.6. The van der Waals surface area contributed by atoms with Gasteiger partial charge in [0.1, 0.15) is 5.76 Å². The van der Waals surface area contributed by atoms with Crippen molar-refractivity contribution in [1.29, 1.82) is 0 Å². The number of carbonyl (C=O) groups is 1. The molecular weight excluding hydrogens is 425 g/mol. The summed E-state index contributed by atoms with van der Waals surface area (Å²) in [5.74, 6) is 1.00. The van der Waals surface area contributed by atoms with E-state index in [0.717, 1.165) is 27.3 Å². The maximum atomic E-state index is 12.5. The number of hydrogen-bond donors (Lipinski definition) is 2. The van der Waals surface area contributed by atoms with Crippen molar-refractivity contribution in [2.75, 3.05) is 18.4 Å². The maximum absolute atomic E-state index is 12.5. The Morgan fingerprint density at radius 3 is 2.72 bits per heavy atom. The summed E-state index contributed by atoms with van der Waals surface area (Å²) < 4.78 is 42.8. The largest absolute Gasteiger partial charge is 0.434 e. The lowest BCUT2D eigenvalue weighted by atomic mass is 10.2. The molecule has 158 valence electrons. The molecule has 6 nitrogen and oxygen atoms in total. The first-order chi connectivity index (χ1) is 13.7. The molecule has 0 aliphatic carbocycles. The van der Waals surface area contributed by atoms with Gasteiger partial charge < -0.3 is 15.2 Å². The van der Waals surface area contributed by atoms with Crippen molar-refractivity contribution in [3.05, 3.63) is 51.2 Å². The van der Waals surface area contributed by atoms with Crippen LogP contribution in [-0.4, -0.2) is 29.1 Å². The van der Waals surface area contributed by atoms with Gasteiger partial charge in [0.25, 0.3) is 0 Å². The predicted octanol–water partition coefficient (Wildman–Crippen LogP) is 4.77. The SMILES string of the molecule is C/C=C\C(SCc1cc(C)no1)=C(/C)C(=O)NCCNc1nc(C(F)(F)F)cs1. The van der Waals surface area contributed by atoms with Gasteiger partial charge in [-0.2, -0.15) is 13.2 Å². The zero-order chi connectivity index (χ0) is 21.4. The average molecular weight is 447 g/mol. The number of anilines is 1. The molecule has 2 aromatic rings. The summed E-state index contributed by atoms with van der Waals surface area (Å²) in [5.41, 5.74) is 0.405. The van der Waals surface area contributed by atoms with E-state index in [-0.39, 0.29) is 24.1 Å². The number of nitrogens with one attached hydrogen (secondary N) is 2. The molecule has 1 amide bonds. The quantitative estimate of drug-likeness (QED) is 0.328. The van der Waals surface area contributed by atoms with Crippen molar-refractivity contribution in [3.8, 4) is 0 Å². The van der Waals surface area contributed by atoms with Crippen LogP contribution in [0.15, 0.2) is 38.6 Å². The monoisotopic (exact) mass is 446 g/mol. The Morgan fingerprint density at radius 1 is 1.38 bits per heavy atom. The van der Waals surface area contributed by atoms with Crippen molar-refractivity contribution in [2.45, 2.75) is 32.7 Å². The Labute approximate surface area is 174 Å². The molecule has 29 heavy (non-hydrogen) atoms. The molecule has 11 heteroatoms. The molecule has 2 heterocycles. The molecule has 0 aliphatic heterocycles. The third-order valence-corrected chi connectivity index (χ3v) is 5.54. The highest BCUT2D eigenvalue weighted by molar-refractivity contribution is 8.02. The lowest BCUT2D eigenvalue weighted by Crippen LogP contribution is -2.29. The summed E-state index contributed by atoms with van der Waals surface area (Å²) >= 11 is 2.33. The Bertz CT molecular complexity index is 888. The van der Waals surface area contributed by atoms with E-state index in [1.807, 2.05) is 32.1 Å². The number of alkyl halides is 3. The molecule has 0 spiro atoms. The van der Waals surface area contributed by atoms with Gasteiger partial charge in [0.15, 0.2) is 10.8 Å². The second-order valence-electron chi connectivity index (χ2n) is 5.93. The van der Waals surface area contributed by atoms with E-state index >= 15 is 0 Å². The van der Waals surface area contributed by atoms with Crippen LogP contribution in [0.25, 0.3) is 0 Å². The van der Waals surface area contributed by atoms with Gasteiger partial charge in [0.05, 0.1) is 11.4 Å². The van der Waals surface area contributed by atoms with Gasteiger partial charge in [-0.3, -0.25) is 4.79 Å². The Kier molecular flexibility index (Phi) is 8.32. The standard InChI is InChI=1S/C18H21F3N4O2S2/c1-4-5-14(28-9-13-8-11(2)25-27-13)12(3)16(26)22-6-7-23-17-24-15(10-29-17)18(19,20)21/h4-5,8,10H,6-7,9H2,1-3H3,(H,22,26)(H,23,24)/b5-4-,14-12-. The second-order valence-corrected chi connectivity index (χ2v) is 7.81. The van der Waals surface area contributed by atoms with Crippen LogP contribution in [0.2, 0.25) is 0 Å².